The monoisotopic (exact) mass is 191 g/mol. The molecule has 72 valence electrons. The summed E-state index contributed by atoms with van der Waals surface area (Å²) in [5.41, 5.74) is 6.89. The Bertz CT molecular complexity index is 490. The summed E-state index contributed by atoms with van der Waals surface area (Å²) in [5, 5.41) is 8.88. The SMILES string of the molecule is NCc1cn2c(C(=O)O)cccc2n1. The van der Waals surface area contributed by atoms with E-state index < -0.39 is 5.97 Å². The van der Waals surface area contributed by atoms with Gasteiger partial charge in [-0.05, 0) is 12.1 Å². The van der Waals surface area contributed by atoms with Crippen molar-refractivity contribution in [1.82, 2.24) is 9.38 Å². The van der Waals surface area contributed by atoms with E-state index in [1.807, 2.05) is 0 Å². The molecule has 2 heterocycles. The Labute approximate surface area is 79.8 Å². The fraction of sp³-hybridized carbons (Fsp3) is 0.111. The number of fused-ring (bicyclic) bond motifs is 1. The number of rotatable bonds is 2. The first-order valence-corrected chi connectivity index (χ1v) is 4.12. The van der Waals surface area contributed by atoms with Crippen molar-refractivity contribution < 1.29 is 9.90 Å². The number of carboxylic acids is 1. The summed E-state index contributed by atoms with van der Waals surface area (Å²) in [6.07, 6.45) is 1.64. The van der Waals surface area contributed by atoms with Crippen LogP contribution in [0.15, 0.2) is 24.4 Å². The van der Waals surface area contributed by atoms with Gasteiger partial charge in [0.25, 0.3) is 0 Å². The van der Waals surface area contributed by atoms with Crippen LogP contribution in [0.1, 0.15) is 16.2 Å². The molecule has 5 heteroatoms. The number of carbonyl (C=O) groups is 1. The third kappa shape index (κ3) is 1.23. The molecule has 0 radical (unpaired) electrons. The zero-order valence-corrected chi connectivity index (χ0v) is 7.34. The van der Waals surface area contributed by atoms with Crippen LogP contribution in [0.2, 0.25) is 0 Å². The molecule has 0 fully saturated rings. The molecule has 14 heavy (non-hydrogen) atoms. The summed E-state index contributed by atoms with van der Waals surface area (Å²) in [7, 11) is 0. The van der Waals surface area contributed by atoms with E-state index in [0.29, 0.717) is 17.9 Å². The van der Waals surface area contributed by atoms with E-state index in [-0.39, 0.29) is 5.69 Å². The van der Waals surface area contributed by atoms with Crippen molar-refractivity contribution >= 4 is 11.6 Å². The summed E-state index contributed by atoms with van der Waals surface area (Å²) in [5.74, 6) is -0.975. The fourth-order valence-corrected chi connectivity index (χ4v) is 1.33. The molecule has 0 aliphatic heterocycles. The van der Waals surface area contributed by atoms with E-state index in [9.17, 15) is 4.79 Å². The number of nitrogens with zero attached hydrogens (tertiary/aromatic N) is 2. The first kappa shape index (κ1) is 8.71. The largest absolute Gasteiger partial charge is 0.477 e. The highest BCUT2D eigenvalue weighted by molar-refractivity contribution is 5.86. The summed E-state index contributed by atoms with van der Waals surface area (Å²) >= 11 is 0. The summed E-state index contributed by atoms with van der Waals surface area (Å²) in [6.45, 7) is 0.306. The van der Waals surface area contributed by atoms with Gasteiger partial charge in [0.05, 0.1) is 5.69 Å². The number of aromatic carboxylic acids is 1. The van der Waals surface area contributed by atoms with Crippen LogP contribution >= 0.6 is 0 Å². The average Bonchev–Trinajstić information content (AvgIpc) is 2.59. The molecule has 5 nitrogen and oxygen atoms in total. The molecule has 0 aliphatic rings. The molecule has 0 aliphatic carbocycles. The summed E-state index contributed by atoms with van der Waals surface area (Å²) < 4.78 is 1.52. The number of hydrogen-bond acceptors (Lipinski definition) is 3. The Balaban J connectivity index is 2.73. The highest BCUT2D eigenvalue weighted by Crippen LogP contribution is 2.08. The van der Waals surface area contributed by atoms with Gasteiger partial charge in [-0.25, -0.2) is 9.78 Å². The fourth-order valence-electron chi connectivity index (χ4n) is 1.33. The van der Waals surface area contributed by atoms with Gasteiger partial charge in [-0.1, -0.05) is 6.07 Å². The molecule has 2 aromatic rings. The van der Waals surface area contributed by atoms with Crippen molar-refractivity contribution in [1.29, 1.82) is 0 Å². The first-order chi connectivity index (χ1) is 6.72. The predicted octanol–water partition coefficient (Wildman–Crippen LogP) is 0.491. The van der Waals surface area contributed by atoms with Gasteiger partial charge in [0.2, 0.25) is 0 Å². The Morgan fingerprint density at radius 1 is 1.57 bits per heavy atom. The molecule has 0 saturated heterocycles. The minimum absolute atomic E-state index is 0.190. The van der Waals surface area contributed by atoms with Crippen LogP contribution in [0, 0.1) is 0 Å². The van der Waals surface area contributed by atoms with Crippen molar-refractivity contribution in [3.05, 3.63) is 35.8 Å². The topological polar surface area (TPSA) is 80.6 Å². The van der Waals surface area contributed by atoms with Crippen LogP contribution < -0.4 is 5.73 Å². The van der Waals surface area contributed by atoms with Crippen LogP contribution in [0.3, 0.4) is 0 Å². The second kappa shape index (κ2) is 3.12. The lowest BCUT2D eigenvalue weighted by molar-refractivity contribution is 0.0689. The van der Waals surface area contributed by atoms with Gasteiger partial charge in [-0.15, -0.1) is 0 Å². The van der Waals surface area contributed by atoms with E-state index in [1.165, 1.54) is 10.5 Å². The number of hydrogen-bond donors (Lipinski definition) is 2. The second-order valence-electron chi connectivity index (χ2n) is 2.88. The Morgan fingerprint density at radius 2 is 2.36 bits per heavy atom. The average molecular weight is 191 g/mol. The van der Waals surface area contributed by atoms with Crippen LogP contribution in [-0.2, 0) is 6.54 Å². The minimum Gasteiger partial charge on any atom is -0.477 e. The number of aromatic nitrogens is 2. The molecule has 0 unspecified atom stereocenters. The Kier molecular flexibility index (Phi) is 1.94. The first-order valence-electron chi connectivity index (χ1n) is 4.12. The van der Waals surface area contributed by atoms with Gasteiger partial charge in [0, 0.05) is 12.7 Å². The number of carboxylic acid groups (broad SMARTS) is 1. The van der Waals surface area contributed by atoms with E-state index in [0.717, 1.165) is 0 Å². The standard InChI is InChI=1S/C9H9N3O2/c10-4-6-5-12-7(9(13)14)2-1-3-8(12)11-6/h1-3,5H,4,10H2,(H,13,14). The third-order valence-corrected chi connectivity index (χ3v) is 1.97. The lowest BCUT2D eigenvalue weighted by Gasteiger charge is -1.97. The smallest absolute Gasteiger partial charge is 0.352 e. The van der Waals surface area contributed by atoms with Gasteiger partial charge < -0.3 is 10.8 Å². The predicted molar refractivity (Wildman–Crippen MR) is 50.0 cm³/mol. The minimum atomic E-state index is -0.975. The zero-order chi connectivity index (χ0) is 10.1. The molecular weight excluding hydrogens is 182 g/mol. The van der Waals surface area contributed by atoms with E-state index in [4.69, 9.17) is 10.8 Å². The molecular formula is C9H9N3O2. The second-order valence-corrected chi connectivity index (χ2v) is 2.88. The normalized spacial score (nSPS) is 10.6. The number of nitrogens with two attached hydrogens (primary N) is 1. The van der Waals surface area contributed by atoms with Crippen molar-refractivity contribution in [2.75, 3.05) is 0 Å². The van der Waals surface area contributed by atoms with E-state index in [2.05, 4.69) is 4.98 Å². The molecule has 0 saturated carbocycles. The van der Waals surface area contributed by atoms with Gasteiger partial charge in [-0.3, -0.25) is 4.40 Å². The molecule has 0 atom stereocenters. The quantitative estimate of drug-likeness (QED) is 0.723. The molecule has 0 aromatic carbocycles. The molecule has 3 N–H and O–H groups in total. The molecule has 0 amide bonds. The lowest BCUT2D eigenvalue weighted by Crippen LogP contribution is -2.03. The van der Waals surface area contributed by atoms with Crippen molar-refractivity contribution in [3.8, 4) is 0 Å². The molecule has 0 bridgehead atoms. The highest BCUT2D eigenvalue weighted by atomic mass is 16.4. The number of pyridine rings is 1. The van der Waals surface area contributed by atoms with Crippen molar-refractivity contribution in [3.63, 3.8) is 0 Å². The van der Waals surface area contributed by atoms with Gasteiger partial charge in [0.15, 0.2) is 0 Å². The van der Waals surface area contributed by atoms with E-state index in [1.54, 1.807) is 18.3 Å². The Morgan fingerprint density at radius 3 is 3.00 bits per heavy atom. The highest BCUT2D eigenvalue weighted by Gasteiger charge is 2.09. The number of imidazole rings is 1. The van der Waals surface area contributed by atoms with E-state index >= 15 is 0 Å². The van der Waals surface area contributed by atoms with Crippen molar-refractivity contribution in [2.45, 2.75) is 6.54 Å². The summed E-state index contributed by atoms with van der Waals surface area (Å²) in [4.78, 5) is 15.0. The molecule has 2 aromatic heterocycles. The maximum Gasteiger partial charge on any atom is 0.352 e. The molecule has 2 rings (SSSR count). The summed E-state index contributed by atoms with van der Waals surface area (Å²) in [6, 6.07) is 4.93. The van der Waals surface area contributed by atoms with Crippen LogP contribution in [-0.4, -0.2) is 20.5 Å². The van der Waals surface area contributed by atoms with Crippen LogP contribution in [0.4, 0.5) is 0 Å². The van der Waals surface area contributed by atoms with Crippen LogP contribution in [0.5, 0.6) is 0 Å². The zero-order valence-electron chi connectivity index (χ0n) is 7.34. The van der Waals surface area contributed by atoms with Gasteiger partial charge in [0.1, 0.15) is 11.3 Å². The lowest BCUT2D eigenvalue weighted by atomic mass is 10.3. The maximum absolute atomic E-state index is 10.8. The van der Waals surface area contributed by atoms with Gasteiger partial charge >= 0.3 is 5.97 Å². The maximum atomic E-state index is 10.8. The van der Waals surface area contributed by atoms with Gasteiger partial charge in [-0.2, -0.15) is 0 Å². The molecule has 0 spiro atoms. The van der Waals surface area contributed by atoms with Crippen LogP contribution in [0.25, 0.3) is 5.65 Å². The Hall–Kier alpha value is -1.88. The van der Waals surface area contributed by atoms with Crippen molar-refractivity contribution in [2.24, 2.45) is 5.73 Å². The third-order valence-electron chi connectivity index (χ3n) is 1.97.